The largest absolute Gasteiger partial charge is 0.311 e. The topological polar surface area (TPSA) is 9.72 Å². The van der Waals surface area contributed by atoms with Crippen LogP contribution in [0.4, 0.5) is 51.2 Å². The van der Waals surface area contributed by atoms with Crippen molar-refractivity contribution in [3.05, 3.63) is 202 Å². The van der Waals surface area contributed by atoms with E-state index in [1.165, 1.54) is 121 Å². The van der Waals surface area contributed by atoms with Gasteiger partial charge in [-0.25, -0.2) is 0 Å². The van der Waals surface area contributed by atoms with E-state index < -0.39 is 0 Å². The summed E-state index contributed by atoms with van der Waals surface area (Å²) in [5.41, 5.74) is 26.4. The van der Waals surface area contributed by atoms with E-state index in [2.05, 4.69) is 269 Å². The Kier molecular flexibility index (Phi) is 10.6. The van der Waals surface area contributed by atoms with Crippen molar-refractivity contribution in [3.8, 4) is 11.1 Å². The van der Waals surface area contributed by atoms with E-state index >= 15 is 0 Å². The summed E-state index contributed by atoms with van der Waals surface area (Å²) in [4.78, 5) is 7.87. The van der Waals surface area contributed by atoms with Crippen molar-refractivity contribution in [2.75, 3.05) is 14.7 Å². The summed E-state index contributed by atoms with van der Waals surface area (Å²) in [6, 6.07) is 61.5. The molecule has 2 aliphatic heterocycles. The Hall–Kier alpha value is -6.82. The van der Waals surface area contributed by atoms with Crippen molar-refractivity contribution in [2.45, 2.75) is 119 Å². The van der Waals surface area contributed by atoms with E-state index in [-0.39, 0.29) is 28.4 Å². The molecule has 3 heterocycles. The predicted molar refractivity (Wildman–Crippen MR) is 318 cm³/mol. The van der Waals surface area contributed by atoms with Gasteiger partial charge in [0, 0.05) is 65.7 Å². The standard InChI is InChI=1S/C68H68BN3S/c1-41-19-28-47(29-20-41)70(48-30-21-42(2)22-31-48)55-40-54-63(59-51-17-15-16-18-53(51)68(13,14)60(55)59)72(50-34-25-45(26-35-50)66(7,8)9)57-38-43(3)37-56-61(57)69(54)64-62(52-39-46(67(10,11)12)27-36-58(52)73-64)71(56)49-32-23-44(24-33-49)65(4,5)6/h15-40H,1-14H3. The molecule has 3 aliphatic rings. The minimum atomic E-state index is -0.335. The van der Waals surface area contributed by atoms with E-state index in [0.717, 1.165) is 11.4 Å². The number of hydrogen-bond acceptors (Lipinski definition) is 4. The van der Waals surface area contributed by atoms with E-state index in [0.29, 0.717) is 0 Å². The van der Waals surface area contributed by atoms with E-state index in [9.17, 15) is 0 Å². The zero-order valence-electron chi connectivity index (χ0n) is 45.3. The molecule has 0 amide bonds. The molecular weight excluding hydrogens is 902 g/mol. The molecule has 1 aliphatic carbocycles. The first-order valence-corrected chi connectivity index (χ1v) is 27.2. The number of benzene rings is 8. The van der Waals surface area contributed by atoms with Crippen LogP contribution in [0.15, 0.2) is 158 Å². The van der Waals surface area contributed by atoms with E-state index in [1.54, 1.807) is 0 Å². The molecule has 9 aromatic rings. The average molecular weight is 970 g/mol. The van der Waals surface area contributed by atoms with Gasteiger partial charge < -0.3 is 14.7 Å². The number of fused-ring (bicyclic) bond motifs is 10. The van der Waals surface area contributed by atoms with Crippen LogP contribution in [0.2, 0.25) is 0 Å². The van der Waals surface area contributed by atoms with E-state index in [1.807, 2.05) is 11.3 Å². The van der Waals surface area contributed by atoms with Gasteiger partial charge in [0.15, 0.2) is 0 Å². The third kappa shape index (κ3) is 7.43. The van der Waals surface area contributed by atoms with Gasteiger partial charge in [-0.1, -0.05) is 166 Å². The van der Waals surface area contributed by atoms with Gasteiger partial charge in [0.1, 0.15) is 0 Å². The molecule has 12 rings (SSSR count). The molecule has 5 heteroatoms. The summed E-state index contributed by atoms with van der Waals surface area (Å²) in [5, 5.41) is 1.32. The summed E-state index contributed by atoms with van der Waals surface area (Å²) in [5.74, 6) is 0. The van der Waals surface area contributed by atoms with Gasteiger partial charge in [-0.3, -0.25) is 0 Å². The molecule has 0 saturated carbocycles. The van der Waals surface area contributed by atoms with Crippen LogP contribution in [0.1, 0.15) is 121 Å². The molecule has 3 nitrogen and oxygen atoms in total. The molecule has 1 aromatic heterocycles. The second kappa shape index (κ2) is 16.3. The molecule has 0 bridgehead atoms. The highest BCUT2D eigenvalue weighted by Crippen LogP contribution is 2.60. The minimum absolute atomic E-state index is 0.00787. The van der Waals surface area contributed by atoms with Gasteiger partial charge in [0.05, 0.1) is 11.4 Å². The minimum Gasteiger partial charge on any atom is -0.311 e. The molecule has 0 atom stereocenters. The Labute approximate surface area is 439 Å². The van der Waals surface area contributed by atoms with Crippen LogP contribution in [-0.4, -0.2) is 6.71 Å². The zero-order valence-corrected chi connectivity index (χ0v) is 46.2. The fourth-order valence-electron chi connectivity index (χ4n) is 12.3. The fraction of sp³-hybridized carbons (Fsp3) is 0.265. The van der Waals surface area contributed by atoms with Crippen LogP contribution < -0.4 is 30.4 Å². The lowest BCUT2D eigenvalue weighted by Gasteiger charge is -2.45. The molecule has 364 valence electrons. The molecular formula is C68H68BN3S. The first-order valence-electron chi connectivity index (χ1n) is 26.4. The maximum atomic E-state index is 2.67. The Balaban J connectivity index is 1.26. The number of nitrogens with zero attached hydrogens (tertiary/aromatic N) is 3. The lowest BCUT2D eigenvalue weighted by atomic mass is 9.35. The van der Waals surface area contributed by atoms with Crippen molar-refractivity contribution < 1.29 is 0 Å². The van der Waals surface area contributed by atoms with E-state index in [4.69, 9.17) is 0 Å². The number of thiophene rings is 1. The van der Waals surface area contributed by atoms with Gasteiger partial charge >= 0.3 is 0 Å². The number of rotatable bonds is 5. The van der Waals surface area contributed by atoms with Crippen molar-refractivity contribution in [1.82, 2.24) is 0 Å². The van der Waals surface area contributed by atoms with Crippen LogP contribution in [0.25, 0.3) is 21.2 Å². The van der Waals surface area contributed by atoms with Gasteiger partial charge in [-0.05, 0) is 166 Å². The fourth-order valence-corrected chi connectivity index (χ4v) is 13.6. The normalized spacial score (nSPS) is 14.5. The van der Waals surface area contributed by atoms with Crippen molar-refractivity contribution in [2.24, 2.45) is 0 Å². The maximum absolute atomic E-state index is 2.67. The monoisotopic (exact) mass is 970 g/mol. The summed E-state index contributed by atoms with van der Waals surface area (Å²) in [6.45, 7) is 32.4. The van der Waals surface area contributed by atoms with Gasteiger partial charge in [0.25, 0.3) is 6.71 Å². The van der Waals surface area contributed by atoms with Crippen molar-refractivity contribution >= 4 is 95.0 Å². The maximum Gasteiger partial charge on any atom is 0.264 e. The molecule has 73 heavy (non-hydrogen) atoms. The Morgan fingerprint density at radius 3 is 1.52 bits per heavy atom. The smallest absolute Gasteiger partial charge is 0.264 e. The highest BCUT2D eigenvalue weighted by Gasteiger charge is 2.50. The molecule has 0 spiro atoms. The average Bonchev–Trinajstić information content (AvgIpc) is 3.84. The molecule has 0 fully saturated rings. The van der Waals surface area contributed by atoms with Crippen molar-refractivity contribution in [1.29, 1.82) is 0 Å². The van der Waals surface area contributed by atoms with Crippen LogP contribution >= 0.6 is 11.3 Å². The van der Waals surface area contributed by atoms with Crippen LogP contribution in [0.3, 0.4) is 0 Å². The van der Waals surface area contributed by atoms with Gasteiger partial charge in [-0.2, -0.15) is 0 Å². The SMILES string of the molecule is Cc1ccc(N(c2ccc(C)cc2)c2cc3c(c4c2C(C)(C)c2ccccc2-4)N(c2ccc(C(C)(C)C)cc2)c2cc(C)cc4c2B3c2sc3ccc(C(C)(C)C)cc3c2N4c2ccc(C(C)(C)C)cc2)cc1. The first-order chi connectivity index (χ1) is 34.6. The van der Waals surface area contributed by atoms with Gasteiger partial charge in [-0.15, -0.1) is 11.3 Å². The molecule has 8 aromatic carbocycles. The predicted octanol–water partition coefficient (Wildman–Crippen LogP) is 17.6. The van der Waals surface area contributed by atoms with Crippen LogP contribution in [-0.2, 0) is 21.7 Å². The zero-order chi connectivity index (χ0) is 51.3. The highest BCUT2D eigenvalue weighted by molar-refractivity contribution is 7.33. The van der Waals surface area contributed by atoms with Crippen molar-refractivity contribution in [3.63, 3.8) is 0 Å². The molecule has 0 N–H and O–H groups in total. The highest BCUT2D eigenvalue weighted by atomic mass is 32.1. The lowest BCUT2D eigenvalue weighted by molar-refractivity contribution is 0.590. The second-order valence-electron chi connectivity index (χ2n) is 25.0. The molecule has 0 saturated heterocycles. The summed E-state index contributed by atoms with van der Waals surface area (Å²) < 4.78 is 2.70. The number of aryl methyl sites for hydroxylation is 3. The first kappa shape index (κ1) is 47.2. The lowest BCUT2D eigenvalue weighted by Crippen LogP contribution is -2.60. The molecule has 0 unspecified atom stereocenters. The Morgan fingerprint density at radius 2 is 1.00 bits per heavy atom. The summed E-state index contributed by atoms with van der Waals surface area (Å²) in [7, 11) is 0. The third-order valence-electron chi connectivity index (χ3n) is 16.2. The Bertz CT molecular complexity index is 3620. The van der Waals surface area contributed by atoms with Gasteiger partial charge in [0.2, 0.25) is 0 Å². The number of anilines is 9. The summed E-state index contributed by atoms with van der Waals surface area (Å²) in [6.07, 6.45) is 0. The Morgan fingerprint density at radius 1 is 0.507 bits per heavy atom. The number of hydrogen-bond donors (Lipinski definition) is 0. The van der Waals surface area contributed by atoms with Crippen LogP contribution in [0, 0.1) is 20.8 Å². The quantitative estimate of drug-likeness (QED) is 0.159. The third-order valence-corrected chi connectivity index (χ3v) is 17.5. The summed E-state index contributed by atoms with van der Waals surface area (Å²) >= 11 is 1.99. The molecule has 0 radical (unpaired) electrons. The van der Waals surface area contributed by atoms with Crippen LogP contribution in [0.5, 0.6) is 0 Å². The second-order valence-corrected chi connectivity index (χ2v) is 26.0.